The minimum absolute atomic E-state index is 0.0623. The highest BCUT2D eigenvalue weighted by Crippen LogP contribution is 2.30. The summed E-state index contributed by atoms with van der Waals surface area (Å²) in [5.74, 6) is 0. The van der Waals surface area contributed by atoms with Gasteiger partial charge in [0.05, 0.1) is 29.0 Å². The topological polar surface area (TPSA) is 58.6 Å². The molecule has 1 unspecified atom stereocenters. The van der Waals surface area contributed by atoms with Gasteiger partial charge in [-0.15, -0.1) is 0 Å². The monoisotopic (exact) mass is 476 g/mol. The van der Waals surface area contributed by atoms with Crippen molar-refractivity contribution in [3.63, 3.8) is 0 Å². The number of rotatable bonds is 4. The number of carbonyl (C=O) groups excluding carboxylic acids is 1. The Kier molecular flexibility index (Phi) is 7.02. The summed E-state index contributed by atoms with van der Waals surface area (Å²) >= 11 is 3.50. The fourth-order valence-corrected chi connectivity index (χ4v) is 4.59. The van der Waals surface area contributed by atoms with Crippen LogP contribution in [0.25, 0.3) is 11.0 Å². The first-order chi connectivity index (χ1) is 14.1. The molecule has 1 amide bonds. The molecule has 1 aliphatic rings. The first-order valence-corrected chi connectivity index (χ1v) is 11.6. The van der Waals surface area contributed by atoms with Gasteiger partial charge in [-0.2, -0.15) is 0 Å². The number of amides is 1. The van der Waals surface area contributed by atoms with Crippen molar-refractivity contribution in [3.05, 3.63) is 34.6 Å². The number of benzene rings is 1. The molecule has 2 aromatic rings. The van der Waals surface area contributed by atoms with Crippen LogP contribution >= 0.6 is 15.9 Å². The average molecular weight is 477 g/mol. The second-order valence-corrected chi connectivity index (χ2v) is 10.2. The van der Waals surface area contributed by atoms with Crippen LogP contribution in [-0.4, -0.2) is 56.6 Å². The number of halogens is 1. The number of hydrogen-bond acceptors (Lipinski definition) is 5. The zero-order valence-corrected chi connectivity index (χ0v) is 20.4. The number of aromatic nitrogens is 2. The molecule has 2 heterocycles. The standard InChI is InChI=1S/C23H33BrN4O2/c1-7-8-21(20-12-25-19-11-17(24)9-10-18(19)26-20)27-13-15(2)28(16(3)14-27)22(29)30-23(4,5)6/h9-12,15-16,21H,7-8,13-14H2,1-6H3/t15-,16+,21?. The summed E-state index contributed by atoms with van der Waals surface area (Å²) in [6.45, 7) is 13.7. The van der Waals surface area contributed by atoms with Gasteiger partial charge in [0, 0.05) is 29.6 Å². The predicted octanol–water partition coefficient (Wildman–Crippen LogP) is 5.56. The Bertz CT molecular complexity index is 886. The van der Waals surface area contributed by atoms with E-state index in [0.717, 1.165) is 47.1 Å². The second-order valence-electron chi connectivity index (χ2n) is 9.27. The van der Waals surface area contributed by atoms with Crippen LogP contribution in [0, 0.1) is 0 Å². The van der Waals surface area contributed by atoms with Gasteiger partial charge in [-0.1, -0.05) is 29.3 Å². The number of fused-ring (bicyclic) bond motifs is 1. The lowest BCUT2D eigenvalue weighted by atomic mass is 10.0. The molecule has 1 aromatic heterocycles. The van der Waals surface area contributed by atoms with E-state index in [9.17, 15) is 4.79 Å². The minimum atomic E-state index is -0.492. The third-order valence-corrected chi connectivity index (χ3v) is 5.91. The molecule has 3 atom stereocenters. The van der Waals surface area contributed by atoms with Crippen molar-refractivity contribution in [1.29, 1.82) is 0 Å². The Hall–Kier alpha value is -1.73. The smallest absolute Gasteiger partial charge is 0.410 e. The van der Waals surface area contributed by atoms with Crippen LogP contribution in [-0.2, 0) is 4.74 Å². The Morgan fingerprint density at radius 1 is 1.23 bits per heavy atom. The maximum absolute atomic E-state index is 12.7. The summed E-state index contributed by atoms with van der Waals surface area (Å²) in [6.07, 6.45) is 3.73. The molecule has 1 aromatic carbocycles. The molecule has 1 fully saturated rings. The van der Waals surface area contributed by atoms with Crippen LogP contribution in [0.3, 0.4) is 0 Å². The third-order valence-electron chi connectivity index (χ3n) is 5.42. The maximum Gasteiger partial charge on any atom is 0.410 e. The van der Waals surface area contributed by atoms with E-state index in [1.54, 1.807) is 0 Å². The molecule has 0 spiro atoms. The molecule has 1 aliphatic heterocycles. The van der Waals surface area contributed by atoms with Gasteiger partial charge in [-0.25, -0.2) is 9.78 Å². The minimum Gasteiger partial charge on any atom is -0.444 e. The molecule has 6 nitrogen and oxygen atoms in total. The summed E-state index contributed by atoms with van der Waals surface area (Å²) in [5.41, 5.74) is 2.30. The van der Waals surface area contributed by atoms with Gasteiger partial charge in [0.25, 0.3) is 0 Å². The number of nitrogens with zero attached hydrogens (tertiary/aromatic N) is 4. The first-order valence-electron chi connectivity index (χ1n) is 10.8. The van der Waals surface area contributed by atoms with Gasteiger partial charge < -0.3 is 9.64 Å². The molecular formula is C23H33BrN4O2. The fourth-order valence-electron chi connectivity index (χ4n) is 4.24. The zero-order valence-electron chi connectivity index (χ0n) is 18.9. The quantitative estimate of drug-likeness (QED) is 0.577. The van der Waals surface area contributed by atoms with Crippen molar-refractivity contribution < 1.29 is 9.53 Å². The van der Waals surface area contributed by atoms with Gasteiger partial charge in [0.15, 0.2) is 0 Å². The Labute approximate surface area is 188 Å². The summed E-state index contributed by atoms with van der Waals surface area (Å²) < 4.78 is 6.65. The van der Waals surface area contributed by atoms with E-state index in [0.29, 0.717) is 0 Å². The summed E-state index contributed by atoms with van der Waals surface area (Å²) in [5, 5.41) is 0. The van der Waals surface area contributed by atoms with Crippen LogP contribution in [0.2, 0.25) is 0 Å². The number of hydrogen-bond donors (Lipinski definition) is 0. The van der Waals surface area contributed by atoms with Crippen LogP contribution in [0.1, 0.15) is 66.1 Å². The van der Waals surface area contributed by atoms with E-state index >= 15 is 0 Å². The Balaban J connectivity index is 1.82. The van der Waals surface area contributed by atoms with Crippen molar-refractivity contribution in [2.24, 2.45) is 0 Å². The van der Waals surface area contributed by atoms with E-state index in [1.165, 1.54) is 0 Å². The van der Waals surface area contributed by atoms with Crippen molar-refractivity contribution in [2.75, 3.05) is 13.1 Å². The van der Waals surface area contributed by atoms with Crippen LogP contribution in [0.5, 0.6) is 0 Å². The average Bonchev–Trinajstić information content (AvgIpc) is 2.63. The maximum atomic E-state index is 12.7. The lowest BCUT2D eigenvalue weighted by Gasteiger charge is -2.46. The molecule has 30 heavy (non-hydrogen) atoms. The molecule has 164 valence electrons. The van der Waals surface area contributed by atoms with E-state index in [1.807, 2.05) is 50.1 Å². The molecule has 0 saturated carbocycles. The normalized spacial score (nSPS) is 21.6. The second kappa shape index (κ2) is 9.18. The van der Waals surface area contributed by atoms with Gasteiger partial charge in [0.2, 0.25) is 0 Å². The predicted molar refractivity (Wildman–Crippen MR) is 123 cm³/mol. The SMILES string of the molecule is CCCC(c1cnc2cc(Br)ccc2n1)N1C[C@@H](C)N(C(=O)OC(C)(C)C)[C@@H](C)C1. The summed E-state index contributed by atoms with van der Waals surface area (Å²) in [6, 6.07) is 6.30. The van der Waals surface area contributed by atoms with Crippen molar-refractivity contribution in [3.8, 4) is 0 Å². The van der Waals surface area contributed by atoms with Crippen LogP contribution in [0.4, 0.5) is 4.79 Å². The number of piperazine rings is 1. The number of carbonyl (C=O) groups is 1. The Morgan fingerprint density at radius 2 is 1.90 bits per heavy atom. The molecule has 7 heteroatoms. The molecule has 0 bridgehead atoms. The van der Waals surface area contributed by atoms with Crippen molar-refractivity contribution in [1.82, 2.24) is 19.8 Å². The number of ether oxygens (including phenoxy) is 1. The largest absolute Gasteiger partial charge is 0.444 e. The van der Waals surface area contributed by atoms with E-state index in [4.69, 9.17) is 9.72 Å². The fraction of sp³-hybridized carbons (Fsp3) is 0.609. The summed E-state index contributed by atoms with van der Waals surface area (Å²) in [4.78, 5) is 26.7. The van der Waals surface area contributed by atoms with Crippen molar-refractivity contribution in [2.45, 2.75) is 78.1 Å². The highest BCUT2D eigenvalue weighted by Gasteiger charge is 2.38. The van der Waals surface area contributed by atoms with Gasteiger partial charge in [0.1, 0.15) is 5.60 Å². The molecule has 3 rings (SSSR count). The van der Waals surface area contributed by atoms with Gasteiger partial charge >= 0.3 is 6.09 Å². The molecule has 0 radical (unpaired) electrons. The van der Waals surface area contributed by atoms with Crippen LogP contribution < -0.4 is 0 Å². The van der Waals surface area contributed by atoms with Crippen molar-refractivity contribution >= 4 is 33.1 Å². The van der Waals surface area contributed by atoms with E-state index in [2.05, 4.69) is 46.6 Å². The lowest BCUT2D eigenvalue weighted by molar-refractivity contribution is -0.0239. The zero-order chi connectivity index (χ0) is 22.1. The molecule has 0 N–H and O–H groups in total. The van der Waals surface area contributed by atoms with Gasteiger partial charge in [-0.05, 0) is 59.2 Å². The molecular weight excluding hydrogens is 444 g/mol. The van der Waals surface area contributed by atoms with E-state index in [-0.39, 0.29) is 24.2 Å². The Morgan fingerprint density at radius 3 is 2.50 bits per heavy atom. The highest BCUT2D eigenvalue weighted by molar-refractivity contribution is 9.10. The van der Waals surface area contributed by atoms with Crippen LogP contribution in [0.15, 0.2) is 28.9 Å². The van der Waals surface area contributed by atoms with Gasteiger partial charge in [-0.3, -0.25) is 9.88 Å². The highest BCUT2D eigenvalue weighted by atomic mass is 79.9. The molecule has 0 aliphatic carbocycles. The first kappa shape index (κ1) is 22.9. The van der Waals surface area contributed by atoms with E-state index < -0.39 is 5.60 Å². The third kappa shape index (κ3) is 5.30. The molecule has 1 saturated heterocycles. The summed E-state index contributed by atoms with van der Waals surface area (Å²) in [7, 11) is 0. The lowest BCUT2D eigenvalue weighted by Crippen LogP contribution is -2.59.